The molecule has 5 heteroatoms. The first-order valence-electron chi connectivity index (χ1n) is 7.42. The second-order valence-electron chi connectivity index (χ2n) is 5.50. The molecular formula is C16H20ClN3O. The zero-order valence-electron chi connectivity index (χ0n) is 11.9. The van der Waals surface area contributed by atoms with E-state index in [0.717, 1.165) is 29.8 Å². The number of benzene rings is 1. The number of aryl methyl sites for hydroxylation is 1. The molecule has 1 atom stereocenters. The molecule has 1 aliphatic rings. The van der Waals surface area contributed by atoms with Crippen LogP contribution < -0.4 is 5.32 Å². The van der Waals surface area contributed by atoms with Gasteiger partial charge in [-0.15, -0.1) is 11.6 Å². The van der Waals surface area contributed by atoms with Crippen LogP contribution in [0.2, 0.25) is 0 Å². The molecule has 1 heterocycles. The number of alkyl halides is 1. The molecule has 0 spiro atoms. The Balaban J connectivity index is 1.73. The Bertz CT molecular complexity index is 594. The molecule has 1 aromatic carbocycles. The molecule has 3 rings (SSSR count). The molecule has 1 unspecified atom stereocenters. The van der Waals surface area contributed by atoms with Gasteiger partial charge in [-0.3, -0.25) is 5.10 Å². The zero-order valence-corrected chi connectivity index (χ0v) is 12.7. The highest BCUT2D eigenvalue weighted by atomic mass is 35.5. The van der Waals surface area contributed by atoms with Gasteiger partial charge >= 0.3 is 0 Å². The molecule has 1 aliphatic carbocycles. The number of H-pyrrole nitrogens is 1. The van der Waals surface area contributed by atoms with Crippen molar-refractivity contribution in [2.24, 2.45) is 0 Å². The second kappa shape index (κ2) is 6.50. The minimum atomic E-state index is -0.523. The number of hydrogen-bond donors (Lipinski definition) is 3. The molecule has 1 aromatic heterocycles. The summed E-state index contributed by atoms with van der Waals surface area (Å²) in [6, 6.07) is 8.17. The normalized spacial score (nSPS) is 15.5. The smallest absolute Gasteiger partial charge is 0.0955 e. The van der Waals surface area contributed by atoms with E-state index in [0.29, 0.717) is 6.54 Å². The van der Waals surface area contributed by atoms with Crippen molar-refractivity contribution >= 4 is 17.3 Å². The van der Waals surface area contributed by atoms with E-state index in [1.165, 1.54) is 24.1 Å². The van der Waals surface area contributed by atoms with Crippen LogP contribution in [0.3, 0.4) is 0 Å². The summed E-state index contributed by atoms with van der Waals surface area (Å²) in [5, 5.41) is 20.3. The number of aliphatic hydroxyl groups is 1. The highest BCUT2D eigenvalue weighted by Gasteiger charge is 2.17. The van der Waals surface area contributed by atoms with Gasteiger partial charge in [-0.25, -0.2) is 0 Å². The SMILES string of the molecule is OC(CCl)CNc1ccc(-c2n[nH]c3c2CCCC3)cc1. The van der Waals surface area contributed by atoms with Crippen molar-refractivity contribution in [2.75, 3.05) is 17.7 Å². The largest absolute Gasteiger partial charge is 0.390 e. The molecule has 0 fully saturated rings. The second-order valence-corrected chi connectivity index (χ2v) is 5.81. The maximum atomic E-state index is 9.45. The molecule has 4 nitrogen and oxygen atoms in total. The van der Waals surface area contributed by atoms with Gasteiger partial charge in [-0.05, 0) is 37.8 Å². The third-order valence-electron chi connectivity index (χ3n) is 3.93. The van der Waals surface area contributed by atoms with Crippen molar-refractivity contribution < 1.29 is 5.11 Å². The van der Waals surface area contributed by atoms with Gasteiger partial charge < -0.3 is 10.4 Å². The number of fused-ring (bicyclic) bond motifs is 1. The van der Waals surface area contributed by atoms with Gasteiger partial charge in [0.05, 0.1) is 17.7 Å². The first kappa shape index (κ1) is 14.4. The van der Waals surface area contributed by atoms with Crippen LogP contribution in [0, 0.1) is 0 Å². The molecule has 112 valence electrons. The standard InChI is InChI=1S/C16H20ClN3O/c17-9-13(21)10-18-12-7-5-11(6-8-12)16-14-3-1-2-4-15(14)19-20-16/h5-8,13,18,21H,1-4,9-10H2,(H,19,20). The fraction of sp³-hybridized carbons (Fsp3) is 0.438. The maximum absolute atomic E-state index is 9.45. The van der Waals surface area contributed by atoms with Crippen molar-refractivity contribution in [1.82, 2.24) is 10.2 Å². The number of anilines is 1. The van der Waals surface area contributed by atoms with Crippen LogP contribution in [-0.4, -0.2) is 33.8 Å². The average molecular weight is 306 g/mol. The fourth-order valence-corrected chi connectivity index (χ4v) is 2.86. The van der Waals surface area contributed by atoms with E-state index in [9.17, 15) is 5.11 Å². The first-order valence-corrected chi connectivity index (χ1v) is 7.96. The number of aliphatic hydroxyl groups excluding tert-OH is 1. The van der Waals surface area contributed by atoms with Gasteiger partial charge in [0.25, 0.3) is 0 Å². The van der Waals surface area contributed by atoms with Crippen molar-refractivity contribution in [3.8, 4) is 11.3 Å². The Morgan fingerprint density at radius 3 is 2.76 bits per heavy atom. The molecule has 3 N–H and O–H groups in total. The molecule has 0 bridgehead atoms. The Hall–Kier alpha value is -1.52. The number of aromatic nitrogens is 2. The molecule has 21 heavy (non-hydrogen) atoms. The van der Waals surface area contributed by atoms with E-state index in [2.05, 4.69) is 27.6 Å². The number of halogens is 1. The van der Waals surface area contributed by atoms with E-state index in [4.69, 9.17) is 11.6 Å². The molecule has 0 saturated heterocycles. The summed E-state index contributed by atoms with van der Waals surface area (Å²) in [6.07, 6.45) is 4.20. The zero-order chi connectivity index (χ0) is 14.7. The Labute approximate surface area is 129 Å². The highest BCUT2D eigenvalue weighted by molar-refractivity contribution is 6.18. The summed E-state index contributed by atoms with van der Waals surface area (Å²) < 4.78 is 0. The van der Waals surface area contributed by atoms with Gasteiger partial charge in [-0.2, -0.15) is 5.10 Å². The number of aromatic amines is 1. The van der Waals surface area contributed by atoms with Crippen LogP contribution in [0.1, 0.15) is 24.1 Å². The van der Waals surface area contributed by atoms with Crippen LogP contribution >= 0.6 is 11.6 Å². The van der Waals surface area contributed by atoms with Crippen molar-refractivity contribution in [3.63, 3.8) is 0 Å². The van der Waals surface area contributed by atoms with Crippen LogP contribution in [-0.2, 0) is 12.8 Å². The van der Waals surface area contributed by atoms with Crippen molar-refractivity contribution in [1.29, 1.82) is 0 Å². The molecule has 0 aliphatic heterocycles. The van der Waals surface area contributed by atoms with Gasteiger partial charge in [0.2, 0.25) is 0 Å². The van der Waals surface area contributed by atoms with Crippen LogP contribution in [0.25, 0.3) is 11.3 Å². The topological polar surface area (TPSA) is 60.9 Å². The number of nitrogens with zero attached hydrogens (tertiary/aromatic N) is 1. The quantitative estimate of drug-likeness (QED) is 0.744. The summed E-state index contributed by atoms with van der Waals surface area (Å²) in [4.78, 5) is 0. The van der Waals surface area contributed by atoms with Gasteiger partial charge in [0.1, 0.15) is 0 Å². The van der Waals surface area contributed by atoms with Crippen molar-refractivity contribution in [2.45, 2.75) is 31.8 Å². The minimum Gasteiger partial charge on any atom is -0.390 e. The van der Waals surface area contributed by atoms with Crippen molar-refractivity contribution in [3.05, 3.63) is 35.5 Å². The fourth-order valence-electron chi connectivity index (χ4n) is 2.76. The molecule has 2 aromatic rings. The third kappa shape index (κ3) is 3.22. The van der Waals surface area contributed by atoms with Gasteiger partial charge in [-0.1, -0.05) is 12.1 Å². The summed E-state index contributed by atoms with van der Waals surface area (Å²) in [6.45, 7) is 0.459. The van der Waals surface area contributed by atoms with E-state index in [1.54, 1.807) is 0 Å². The molecule has 0 saturated carbocycles. The van der Waals surface area contributed by atoms with Gasteiger partial charge in [0, 0.05) is 29.1 Å². The van der Waals surface area contributed by atoms with E-state index < -0.39 is 6.10 Å². The third-order valence-corrected chi connectivity index (χ3v) is 4.29. The summed E-state index contributed by atoms with van der Waals surface area (Å²) in [7, 11) is 0. The first-order chi connectivity index (χ1) is 10.3. The average Bonchev–Trinajstić information content (AvgIpc) is 2.97. The lowest BCUT2D eigenvalue weighted by molar-refractivity contribution is 0.211. The predicted octanol–water partition coefficient (Wildman–Crippen LogP) is 2.97. The van der Waals surface area contributed by atoms with Crippen LogP contribution in [0.15, 0.2) is 24.3 Å². The summed E-state index contributed by atoms with van der Waals surface area (Å²) in [5.74, 6) is 0.241. The lowest BCUT2D eigenvalue weighted by Gasteiger charge is -2.12. The number of rotatable bonds is 5. The summed E-state index contributed by atoms with van der Waals surface area (Å²) in [5.41, 5.74) is 5.87. The Morgan fingerprint density at radius 2 is 2.00 bits per heavy atom. The lowest BCUT2D eigenvalue weighted by atomic mass is 9.94. The minimum absolute atomic E-state index is 0.241. The van der Waals surface area contributed by atoms with E-state index >= 15 is 0 Å². The van der Waals surface area contributed by atoms with Crippen LogP contribution in [0.4, 0.5) is 5.69 Å². The number of hydrogen-bond acceptors (Lipinski definition) is 3. The highest BCUT2D eigenvalue weighted by Crippen LogP contribution is 2.29. The summed E-state index contributed by atoms with van der Waals surface area (Å²) >= 11 is 5.58. The van der Waals surface area contributed by atoms with E-state index in [1.807, 2.05) is 12.1 Å². The van der Waals surface area contributed by atoms with Gasteiger partial charge in [0.15, 0.2) is 0 Å². The predicted molar refractivity (Wildman–Crippen MR) is 85.9 cm³/mol. The maximum Gasteiger partial charge on any atom is 0.0955 e. The number of nitrogens with one attached hydrogen (secondary N) is 2. The molecular weight excluding hydrogens is 286 g/mol. The Morgan fingerprint density at radius 1 is 1.24 bits per heavy atom. The van der Waals surface area contributed by atoms with Crippen LogP contribution in [0.5, 0.6) is 0 Å². The van der Waals surface area contributed by atoms with E-state index in [-0.39, 0.29) is 5.88 Å². The lowest BCUT2D eigenvalue weighted by Crippen LogP contribution is -2.20. The Kier molecular flexibility index (Phi) is 4.46. The molecule has 0 amide bonds. The molecule has 0 radical (unpaired) electrons. The monoisotopic (exact) mass is 305 g/mol.